The smallest absolute Gasteiger partial charge is 0.361 e. The van der Waals surface area contributed by atoms with E-state index in [0.717, 1.165) is 23.3 Å². The van der Waals surface area contributed by atoms with Crippen LogP contribution in [0.15, 0.2) is 65.2 Å². The maximum Gasteiger partial charge on any atom is 0.416 e. The van der Waals surface area contributed by atoms with E-state index in [1.54, 1.807) is 20.0 Å². The highest BCUT2D eigenvalue weighted by Gasteiger charge is 2.30. The highest BCUT2D eigenvalue weighted by atomic mass is 19.4. The van der Waals surface area contributed by atoms with E-state index in [-0.39, 0.29) is 11.9 Å². The summed E-state index contributed by atoms with van der Waals surface area (Å²) in [5, 5.41) is 10.1. The molecule has 3 rings (SSSR count). The van der Waals surface area contributed by atoms with Gasteiger partial charge >= 0.3 is 6.18 Å². The van der Waals surface area contributed by atoms with Crippen molar-refractivity contribution in [3.8, 4) is 0 Å². The molecule has 2 atom stereocenters. The Balaban J connectivity index is 1.80. The number of hydrogen-bond acceptors (Lipinski definition) is 4. The lowest BCUT2D eigenvalue weighted by atomic mass is 9.99. The molecule has 1 aromatic heterocycles. The van der Waals surface area contributed by atoms with Crippen molar-refractivity contribution in [2.24, 2.45) is 0 Å². The van der Waals surface area contributed by atoms with Gasteiger partial charge in [0.1, 0.15) is 17.5 Å². The van der Waals surface area contributed by atoms with Crippen molar-refractivity contribution >= 4 is 5.91 Å². The van der Waals surface area contributed by atoms with Crippen LogP contribution in [-0.4, -0.2) is 18.1 Å². The van der Waals surface area contributed by atoms with Crippen LogP contribution in [0.25, 0.3) is 0 Å². The Morgan fingerprint density at radius 1 is 1.10 bits per heavy atom. The van der Waals surface area contributed by atoms with E-state index in [0.29, 0.717) is 24.3 Å². The fourth-order valence-electron chi connectivity index (χ4n) is 3.35. The number of nitrogens with zero attached hydrogens (tertiary/aromatic N) is 1. The van der Waals surface area contributed by atoms with E-state index in [2.05, 4.69) is 15.8 Å². The van der Waals surface area contributed by atoms with Gasteiger partial charge in [0, 0.05) is 13.1 Å². The van der Waals surface area contributed by atoms with Crippen molar-refractivity contribution in [1.82, 2.24) is 15.8 Å². The summed E-state index contributed by atoms with van der Waals surface area (Å²) in [5.74, 6) is 0.429. The Kier molecular flexibility index (Phi) is 7.12. The molecular formula is C23H24F3N3O2. The molecule has 0 aliphatic heterocycles. The van der Waals surface area contributed by atoms with Gasteiger partial charge in [-0.25, -0.2) is 0 Å². The fraction of sp³-hybridized carbons (Fsp3) is 0.304. The van der Waals surface area contributed by atoms with Crippen molar-refractivity contribution < 1.29 is 22.5 Å². The number of halogens is 3. The Bertz CT molecular complexity index is 985. The molecule has 0 aliphatic rings. The second-order valence-electron chi connectivity index (χ2n) is 7.27. The second-order valence-corrected chi connectivity index (χ2v) is 7.27. The lowest BCUT2D eigenvalue weighted by Gasteiger charge is -2.24. The fourth-order valence-corrected chi connectivity index (χ4v) is 3.35. The van der Waals surface area contributed by atoms with Crippen LogP contribution < -0.4 is 10.6 Å². The summed E-state index contributed by atoms with van der Waals surface area (Å²) >= 11 is 0. The molecule has 0 unspecified atom stereocenters. The first kappa shape index (κ1) is 22.6. The monoisotopic (exact) mass is 431 g/mol. The van der Waals surface area contributed by atoms with Crippen LogP contribution in [0.3, 0.4) is 0 Å². The second kappa shape index (κ2) is 9.78. The molecule has 0 spiro atoms. The first-order valence-electron chi connectivity index (χ1n) is 9.90. The molecule has 2 aromatic carbocycles. The first-order chi connectivity index (χ1) is 14.8. The summed E-state index contributed by atoms with van der Waals surface area (Å²) < 4.78 is 43.6. The van der Waals surface area contributed by atoms with E-state index < -0.39 is 17.8 Å². The normalized spacial score (nSPS) is 13.6. The van der Waals surface area contributed by atoms with Gasteiger partial charge in [0.25, 0.3) is 0 Å². The molecule has 0 fully saturated rings. The number of likely N-dealkylation sites (N-methyl/N-ethyl adjacent to an activating group) is 1. The van der Waals surface area contributed by atoms with Crippen LogP contribution >= 0.6 is 0 Å². The maximum atomic E-state index is 12.8. The van der Waals surface area contributed by atoms with Crippen molar-refractivity contribution in [1.29, 1.82) is 0 Å². The molecule has 0 radical (unpaired) electrons. The highest BCUT2D eigenvalue weighted by Crippen LogP contribution is 2.30. The van der Waals surface area contributed by atoms with E-state index in [1.807, 2.05) is 30.3 Å². The summed E-state index contributed by atoms with van der Waals surface area (Å²) in [4.78, 5) is 12.6. The Labute approximate surface area is 178 Å². The molecule has 3 aromatic rings. The average Bonchev–Trinajstić information content (AvgIpc) is 3.20. The van der Waals surface area contributed by atoms with Gasteiger partial charge in [-0.1, -0.05) is 47.6 Å². The molecule has 0 bridgehead atoms. The topological polar surface area (TPSA) is 67.2 Å². The maximum absolute atomic E-state index is 12.8. The summed E-state index contributed by atoms with van der Waals surface area (Å²) in [7, 11) is 1.57. The van der Waals surface area contributed by atoms with Crippen LogP contribution in [-0.2, 0) is 17.4 Å². The number of aryl methyl sites for hydroxylation is 2. The molecule has 0 aliphatic carbocycles. The van der Waals surface area contributed by atoms with Gasteiger partial charge in [0.2, 0.25) is 5.91 Å². The van der Waals surface area contributed by atoms with Crippen molar-refractivity contribution in [3.63, 3.8) is 0 Å². The highest BCUT2D eigenvalue weighted by molar-refractivity contribution is 5.82. The third-order valence-corrected chi connectivity index (χ3v) is 5.02. The number of carbonyl (C=O) groups excluding carboxylic acids is 1. The van der Waals surface area contributed by atoms with Crippen molar-refractivity contribution in [3.05, 3.63) is 88.8 Å². The number of rotatable bonds is 8. The lowest BCUT2D eigenvalue weighted by molar-refractivity contribution is -0.137. The Morgan fingerprint density at radius 3 is 2.32 bits per heavy atom. The van der Waals surface area contributed by atoms with Crippen LogP contribution in [0.2, 0.25) is 0 Å². The lowest BCUT2D eigenvalue weighted by Crippen LogP contribution is -2.38. The van der Waals surface area contributed by atoms with E-state index >= 15 is 0 Å². The zero-order valence-electron chi connectivity index (χ0n) is 17.2. The van der Waals surface area contributed by atoms with Gasteiger partial charge in [0.15, 0.2) is 0 Å². The number of alkyl halides is 3. The largest absolute Gasteiger partial charge is 0.416 e. The minimum atomic E-state index is -4.36. The number of benzene rings is 2. The van der Waals surface area contributed by atoms with Gasteiger partial charge in [-0.05, 0) is 43.0 Å². The zero-order valence-corrected chi connectivity index (χ0v) is 17.2. The van der Waals surface area contributed by atoms with Crippen LogP contribution in [0.4, 0.5) is 13.2 Å². The SMILES string of the molecule is CNC(=O)[C@H](N[C@H](CCc1ccc(C(F)(F)F)cc1)c1cc(C)on1)c1ccccc1. The first-order valence-corrected chi connectivity index (χ1v) is 9.90. The zero-order chi connectivity index (χ0) is 22.4. The Hall–Kier alpha value is -3.13. The number of aromatic nitrogens is 1. The van der Waals surface area contributed by atoms with E-state index in [1.165, 1.54) is 12.1 Å². The van der Waals surface area contributed by atoms with E-state index in [4.69, 9.17) is 4.52 Å². The van der Waals surface area contributed by atoms with Gasteiger partial charge in [0.05, 0.1) is 11.6 Å². The molecule has 5 nitrogen and oxygen atoms in total. The molecule has 1 heterocycles. The quantitative estimate of drug-likeness (QED) is 0.540. The van der Waals surface area contributed by atoms with Gasteiger partial charge < -0.3 is 9.84 Å². The number of nitrogens with one attached hydrogen (secondary N) is 2. The molecule has 8 heteroatoms. The standard InChI is InChI=1S/C23H24F3N3O2/c1-15-14-20(29-31-15)19(13-10-16-8-11-18(12-9-16)23(24,25)26)28-21(22(30)27-2)17-6-4-3-5-7-17/h3-9,11-12,14,19,21,28H,10,13H2,1-2H3,(H,27,30)/t19-,21-/m1/s1. The van der Waals surface area contributed by atoms with Gasteiger partial charge in [-0.2, -0.15) is 13.2 Å². The number of carbonyl (C=O) groups is 1. The molecule has 164 valence electrons. The molecular weight excluding hydrogens is 407 g/mol. The average molecular weight is 431 g/mol. The molecule has 2 N–H and O–H groups in total. The predicted octanol–water partition coefficient (Wildman–Crippen LogP) is 4.75. The van der Waals surface area contributed by atoms with Crippen molar-refractivity contribution in [2.75, 3.05) is 7.05 Å². The molecule has 0 saturated heterocycles. The summed E-state index contributed by atoms with van der Waals surface area (Å²) in [6, 6.07) is 15.2. The van der Waals surface area contributed by atoms with Crippen LogP contribution in [0, 0.1) is 6.92 Å². The third kappa shape index (κ3) is 5.95. The summed E-state index contributed by atoms with van der Waals surface area (Å²) in [6.45, 7) is 1.77. The Morgan fingerprint density at radius 2 is 1.77 bits per heavy atom. The minimum Gasteiger partial charge on any atom is -0.361 e. The van der Waals surface area contributed by atoms with Crippen LogP contribution in [0.1, 0.15) is 46.6 Å². The molecule has 0 saturated carbocycles. The molecule has 1 amide bonds. The van der Waals surface area contributed by atoms with Crippen LogP contribution in [0.5, 0.6) is 0 Å². The molecule has 31 heavy (non-hydrogen) atoms. The minimum absolute atomic E-state index is 0.203. The number of amides is 1. The van der Waals surface area contributed by atoms with E-state index in [9.17, 15) is 18.0 Å². The summed E-state index contributed by atoms with van der Waals surface area (Å²) in [5.41, 5.74) is 1.51. The third-order valence-electron chi connectivity index (χ3n) is 5.02. The van der Waals surface area contributed by atoms with Gasteiger partial charge in [-0.15, -0.1) is 0 Å². The van der Waals surface area contributed by atoms with Gasteiger partial charge in [-0.3, -0.25) is 10.1 Å². The van der Waals surface area contributed by atoms with Crippen molar-refractivity contribution in [2.45, 2.75) is 38.0 Å². The predicted molar refractivity (Wildman–Crippen MR) is 110 cm³/mol. The number of hydrogen-bond donors (Lipinski definition) is 2. The summed E-state index contributed by atoms with van der Waals surface area (Å²) in [6.07, 6.45) is -3.36.